The molecule has 1 aromatic rings. The average Bonchev–Trinajstić information content (AvgIpc) is 2.23. The number of alkyl halides is 1. The molecule has 0 aromatic heterocycles. The number of Topliss-reactive ketones (excluding diaryl/α,β-unsaturated/α-hetero) is 1. The Labute approximate surface area is 119 Å². The van der Waals surface area contributed by atoms with Gasteiger partial charge in [-0.3, -0.25) is 4.79 Å². The van der Waals surface area contributed by atoms with E-state index in [1.165, 1.54) is 6.07 Å². The molecule has 1 nitrogen and oxygen atoms in total. The Morgan fingerprint density at radius 1 is 1.06 bits per heavy atom. The van der Waals surface area contributed by atoms with Crippen molar-refractivity contribution in [2.24, 2.45) is 0 Å². The Bertz CT molecular complexity index is 416. The molecule has 0 amide bonds. The van der Waals surface area contributed by atoms with Crippen molar-refractivity contribution >= 4 is 63.8 Å². The molecule has 0 N–H and O–H groups in total. The number of hydrogen-bond acceptors (Lipinski definition) is 1. The fourth-order valence-corrected chi connectivity index (χ4v) is 2.43. The van der Waals surface area contributed by atoms with Crippen molar-refractivity contribution in [3.05, 3.63) is 31.7 Å². The summed E-state index contributed by atoms with van der Waals surface area (Å²) < 4.78 is 0. The highest BCUT2D eigenvalue weighted by Gasteiger charge is 2.19. The van der Waals surface area contributed by atoms with Crippen molar-refractivity contribution in [3.8, 4) is 0 Å². The first kappa shape index (κ1) is 14.4. The molecular weight excluding hydrogens is 313 g/mol. The lowest BCUT2D eigenvalue weighted by Gasteiger charge is -2.08. The third-order valence-electron chi connectivity index (χ3n) is 1.93. The van der Waals surface area contributed by atoms with Gasteiger partial charge in [-0.25, -0.2) is 0 Å². The summed E-state index contributed by atoms with van der Waals surface area (Å²) in [5, 5.41) is 0.672. The van der Waals surface area contributed by atoms with Gasteiger partial charge in [0.15, 0.2) is 5.78 Å². The molecule has 0 saturated heterocycles. The average molecular weight is 320 g/mol. The molecule has 0 saturated carbocycles. The number of ketones is 1. The zero-order valence-corrected chi connectivity index (χ0v) is 11.8. The first-order valence-electron chi connectivity index (χ1n) is 4.41. The first-order chi connectivity index (χ1) is 7.49. The van der Waals surface area contributed by atoms with E-state index in [0.29, 0.717) is 12.3 Å². The fraction of sp³-hybridized carbons (Fsp3) is 0.300. The van der Waals surface area contributed by atoms with Crippen LogP contribution in [-0.4, -0.2) is 11.7 Å². The summed E-state index contributed by atoms with van der Waals surface area (Å²) in [5.74, 6) is 0.219. The van der Waals surface area contributed by atoms with E-state index in [1.54, 1.807) is 0 Å². The van der Waals surface area contributed by atoms with E-state index < -0.39 is 0 Å². The molecule has 6 heteroatoms. The topological polar surface area (TPSA) is 17.1 Å². The van der Waals surface area contributed by atoms with Gasteiger partial charge in [0, 0.05) is 12.3 Å². The second kappa shape index (κ2) is 6.32. The Morgan fingerprint density at radius 3 is 2.25 bits per heavy atom. The van der Waals surface area contributed by atoms with Crippen molar-refractivity contribution in [3.63, 3.8) is 0 Å². The van der Waals surface area contributed by atoms with E-state index in [9.17, 15) is 4.79 Å². The van der Waals surface area contributed by atoms with Crippen LogP contribution >= 0.6 is 58.0 Å². The Kier molecular flexibility index (Phi) is 5.69. The van der Waals surface area contributed by atoms with Crippen molar-refractivity contribution in [2.75, 3.05) is 5.88 Å². The minimum Gasteiger partial charge on any atom is -0.294 e. The van der Waals surface area contributed by atoms with Crippen LogP contribution < -0.4 is 0 Å². The molecule has 16 heavy (non-hydrogen) atoms. The zero-order valence-electron chi connectivity index (χ0n) is 8.00. The fourth-order valence-electron chi connectivity index (χ4n) is 1.17. The van der Waals surface area contributed by atoms with E-state index in [2.05, 4.69) is 0 Å². The minimum atomic E-state index is -0.186. The van der Waals surface area contributed by atoms with Crippen LogP contribution in [0.4, 0.5) is 0 Å². The third-order valence-corrected chi connectivity index (χ3v) is 3.76. The molecule has 1 rings (SSSR count). The summed E-state index contributed by atoms with van der Waals surface area (Å²) in [6.07, 6.45) is 0.841. The highest BCUT2D eigenvalue weighted by atomic mass is 35.5. The van der Waals surface area contributed by atoms with Gasteiger partial charge in [0.25, 0.3) is 0 Å². The van der Waals surface area contributed by atoms with Gasteiger partial charge in [0.2, 0.25) is 0 Å². The lowest BCUT2D eigenvalue weighted by atomic mass is 10.1. The highest BCUT2D eigenvalue weighted by Crippen LogP contribution is 2.38. The maximum Gasteiger partial charge on any atom is 0.165 e. The molecule has 88 valence electrons. The lowest BCUT2D eigenvalue weighted by molar-refractivity contribution is 0.0982. The highest BCUT2D eigenvalue weighted by molar-refractivity contribution is 6.51. The molecule has 1 aromatic carbocycles. The Hall–Kier alpha value is 0.340. The zero-order chi connectivity index (χ0) is 12.3. The van der Waals surface area contributed by atoms with Crippen LogP contribution in [0, 0.1) is 0 Å². The van der Waals surface area contributed by atoms with Gasteiger partial charge in [-0.1, -0.05) is 46.4 Å². The normalized spacial score (nSPS) is 10.6. The minimum absolute atomic E-state index is 0.0961. The van der Waals surface area contributed by atoms with Gasteiger partial charge >= 0.3 is 0 Å². The summed E-state index contributed by atoms with van der Waals surface area (Å²) in [6, 6.07) is 1.41. The van der Waals surface area contributed by atoms with Crippen LogP contribution in [0.15, 0.2) is 6.07 Å². The monoisotopic (exact) mass is 318 g/mol. The molecule has 0 heterocycles. The predicted octanol–water partition coefficient (Wildman–Crippen LogP) is 5.50. The smallest absolute Gasteiger partial charge is 0.165 e. The van der Waals surface area contributed by atoms with E-state index >= 15 is 0 Å². The molecule has 0 aliphatic carbocycles. The maximum absolute atomic E-state index is 11.8. The number of carbonyl (C=O) groups is 1. The molecule has 0 atom stereocenters. The van der Waals surface area contributed by atoms with Crippen LogP contribution in [0.2, 0.25) is 20.1 Å². The first-order valence-corrected chi connectivity index (χ1v) is 6.45. The van der Waals surface area contributed by atoms with Crippen LogP contribution in [0.5, 0.6) is 0 Å². The standard InChI is InChI=1S/C10H7Cl5O/c11-3-1-2-7(16)8-5(12)4-6(13)9(14)10(8)15/h4H,1-3H2. The molecule has 0 radical (unpaired) electrons. The Morgan fingerprint density at radius 2 is 1.69 bits per heavy atom. The van der Waals surface area contributed by atoms with Crippen molar-refractivity contribution in [2.45, 2.75) is 12.8 Å². The maximum atomic E-state index is 11.8. The van der Waals surface area contributed by atoms with Gasteiger partial charge in [-0.15, -0.1) is 11.6 Å². The van der Waals surface area contributed by atoms with Crippen molar-refractivity contribution in [1.29, 1.82) is 0 Å². The van der Waals surface area contributed by atoms with Gasteiger partial charge in [-0.05, 0) is 12.5 Å². The van der Waals surface area contributed by atoms with E-state index in [4.69, 9.17) is 58.0 Å². The molecule has 0 aliphatic rings. The number of carbonyl (C=O) groups excluding carboxylic acids is 1. The summed E-state index contributed by atoms with van der Waals surface area (Å²) in [7, 11) is 0. The third kappa shape index (κ3) is 3.18. The second-order valence-electron chi connectivity index (χ2n) is 3.06. The van der Waals surface area contributed by atoms with Crippen molar-refractivity contribution < 1.29 is 4.79 Å². The molecule has 0 unspecified atom stereocenters. The number of rotatable bonds is 4. The largest absolute Gasteiger partial charge is 0.294 e. The molecule has 0 aliphatic heterocycles. The van der Waals surface area contributed by atoms with Gasteiger partial charge in [0.05, 0.1) is 25.7 Å². The van der Waals surface area contributed by atoms with Crippen LogP contribution in [0.1, 0.15) is 23.2 Å². The lowest BCUT2D eigenvalue weighted by Crippen LogP contribution is -2.02. The molecule has 0 fully saturated rings. The molecular formula is C10H7Cl5O. The quantitative estimate of drug-likeness (QED) is 0.310. The van der Waals surface area contributed by atoms with Gasteiger partial charge < -0.3 is 0 Å². The summed E-state index contributed by atoms with van der Waals surface area (Å²) >= 11 is 28.9. The SMILES string of the molecule is O=C(CCCCl)c1c(Cl)cc(Cl)c(Cl)c1Cl. The number of hydrogen-bond donors (Lipinski definition) is 0. The summed E-state index contributed by atoms with van der Waals surface area (Å²) in [5.41, 5.74) is 0.211. The van der Waals surface area contributed by atoms with Gasteiger partial charge in [-0.2, -0.15) is 0 Å². The predicted molar refractivity (Wildman–Crippen MR) is 70.8 cm³/mol. The van der Waals surface area contributed by atoms with E-state index in [1.807, 2.05) is 0 Å². The van der Waals surface area contributed by atoms with Crippen LogP contribution in [0.3, 0.4) is 0 Å². The molecule has 0 bridgehead atoms. The molecule has 0 spiro atoms. The van der Waals surface area contributed by atoms with E-state index in [-0.39, 0.29) is 37.9 Å². The summed E-state index contributed by atoms with van der Waals surface area (Å²) in [4.78, 5) is 11.8. The van der Waals surface area contributed by atoms with Gasteiger partial charge in [0.1, 0.15) is 0 Å². The second-order valence-corrected chi connectivity index (χ2v) is 5.01. The number of halogens is 5. The number of benzene rings is 1. The van der Waals surface area contributed by atoms with Crippen LogP contribution in [-0.2, 0) is 0 Å². The van der Waals surface area contributed by atoms with Crippen molar-refractivity contribution in [1.82, 2.24) is 0 Å². The van der Waals surface area contributed by atoms with E-state index in [0.717, 1.165) is 0 Å². The summed E-state index contributed by atoms with van der Waals surface area (Å²) in [6.45, 7) is 0. The Balaban J connectivity index is 3.13. The van der Waals surface area contributed by atoms with Crippen LogP contribution in [0.25, 0.3) is 0 Å².